The standard InChI is InChI=1S/C20H25N3O2S/c1-21-9-4-8-17(21)19(24)22-10-5-11-23(13-12-22)20(25)18-16-7-3-2-6-15(16)14-26-18/h4,8-9,14H,2-3,5-7,10-13H2,1H3. The highest BCUT2D eigenvalue weighted by atomic mass is 32.1. The Hall–Kier alpha value is -2.08. The number of aromatic nitrogens is 1. The molecule has 138 valence electrons. The van der Waals surface area contributed by atoms with E-state index in [0.29, 0.717) is 25.3 Å². The molecule has 2 aliphatic rings. The van der Waals surface area contributed by atoms with Crippen LogP contribution in [0.15, 0.2) is 23.7 Å². The number of hydrogen-bond donors (Lipinski definition) is 0. The minimum absolute atomic E-state index is 0.0558. The number of fused-ring (bicyclic) bond motifs is 1. The van der Waals surface area contributed by atoms with Crippen LogP contribution < -0.4 is 0 Å². The van der Waals surface area contributed by atoms with Gasteiger partial charge in [-0.3, -0.25) is 9.59 Å². The van der Waals surface area contributed by atoms with Crippen LogP contribution in [0.25, 0.3) is 0 Å². The minimum Gasteiger partial charge on any atom is -0.347 e. The molecule has 6 heteroatoms. The number of carbonyl (C=O) groups excluding carboxylic acids is 2. The van der Waals surface area contributed by atoms with E-state index < -0.39 is 0 Å². The third-order valence-corrected chi connectivity index (χ3v) is 6.59. The Morgan fingerprint density at radius 2 is 1.69 bits per heavy atom. The average Bonchev–Trinajstić information content (AvgIpc) is 3.19. The molecular weight excluding hydrogens is 346 g/mol. The molecule has 0 bridgehead atoms. The van der Waals surface area contributed by atoms with Crippen molar-refractivity contribution >= 4 is 23.2 Å². The van der Waals surface area contributed by atoms with Crippen LogP contribution in [-0.2, 0) is 19.9 Å². The topological polar surface area (TPSA) is 45.6 Å². The Morgan fingerprint density at radius 3 is 2.42 bits per heavy atom. The first-order chi connectivity index (χ1) is 12.6. The summed E-state index contributed by atoms with van der Waals surface area (Å²) in [6, 6.07) is 3.74. The molecule has 1 aliphatic heterocycles. The van der Waals surface area contributed by atoms with Crippen LogP contribution in [-0.4, -0.2) is 52.4 Å². The van der Waals surface area contributed by atoms with Gasteiger partial charge in [0.2, 0.25) is 0 Å². The van der Waals surface area contributed by atoms with E-state index in [1.807, 2.05) is 39.7 Å². The van der Waals surface area contributed by atoms with E-state index >= 15 is 0 Å². The van der Waals surface area contributed by atoms with Gasteiger partial charge in [0.1, 0.15) is 5.69 Å². The van der Waals surface area contributed by atoms with Crippen LogP contribution in [0, 0.1) is 0 Å². The fourth-order valence-corrected chi connectivity index (χ4v) is 5.14. The van der Waals surface area contributed by atoms with Crippen LogP contribution in [0.4, 0.5) is 0 Å². The van der Waals surface area contributed by atoms with Gasteiger partial charge in [0, 0.05) is 39.4 Å². The first-order valence-electron chi connectivity index (χ1n) is 9.44. The zero-order valence-electron chi connectivity index (χ0n) is 15.2. The average molecular weight is 372 g/mol. The second-order valence-corrected chi connectivity index (χ2v) is 8.10. The molecule has 3 heterocycles. The van der Waals surface area contributed by atoms with Gasteiger partial charge in [-0.05, 0) is 60.7 Å². The lowest BCUT2D eigenvalue weighted by Gasteiger charge is -2.23. The van der Waals surface area contributed by atoms with E-state index in [1.165, 1.54) is 24.0 Å². The molecular formula is C20H25N3O2S. The van der Waals surface area contributed by atoms with Gasteiger partial charge in [-0.25, -0.2) is 0 Å². The van der Waals surface area contributed by atoms with Crippen LogP contribution in [0.1, 0.15) is 50.5 Å². The second kappa shape index (κ2) is 7.27. The Bertz CT molecular complexity index is 823. The highest BCUT2D eigenvalue weighted by Gasteiger charge is 2.27. The Kier molecular flexibility index (Phi) is 4.85. The van der Waals surface area contributed by atoms with Gasteiger partial charge >= 0.3 is 0 Å². The van der Waals surface area contributed by atoms with Gasteiger partial charge < -0.3 is 14.4 Å². The lowest BCUT2D eigenvalue weighted by molar-refractivity contribution is 0.0715. The number of carbonyl (C=O) groups is 2. The zero-order valence-corrected chi connectivity index (χ0v) is 16.1. The normalized spacial score (nSPS) is 17.7. The fourth-order valence-electron chi connectivity index (χ4n) is 4.01. The summed E-state index contributed by atoms with van der Waals surface area (Å²) in [5, 5.41) is 2.17. The summed E-state index contributed by atoms with van der Waals surface area (Å²) in [6.45, 7) is 2.64. The van der Waals surface area contributed by atoms with Crippen molar-refractivity contribution in [1.29, 1.82) is 0 Å². The summed E-state index contributed by atoms with van der Waals surface area (Å²) >= 11 is 1.61. The van der Waals surface area contributed by atoms with Gasteiger partial charge in [-0.2, -0.15) is 0 Å². The number of nitrogens with zero attached hydrogens (tertiary/aromatic N) is 3. The predicted octanol–water partition coefficient (Wildman–Crippen LogP) is 2.95. The maximum Gasteiger partial charge on any atom is 0.270 e. The summed E-state index contributed by atoms with van der Waals surface area (Å²) in [7, 11) is 1.89. The second-order valence-electron chi connectivity index (χ2n) is 7.22. The molecule has 4 rings (SSSR count). The minimum atomic E-state index is 0.0558. The van der Waals surface area contributed by atoms with E-state index in [-0.39, 0.29) is 11.8 Å². The van der Waals surface area contributed by atoms with Crippen molar-refractivity contribution < 1.29 is 9.59 Å². The molecule has 2 amide bonds. The van der Waals surface area contributed by atoms with Crippen molar-refractivity contribution in [1.82, 2.24) is 14.4 Å². The van der Waals surface area contributed by atoms with Crippen molar-refractivity contribution in [2.75, 3.05) is 26.2 Å². The third kappa shape index (κ3) is 3.18. The van der Waals surface area contributed by atoms with Crippen molar-refractivity contribution in [3.8, 4) is 0 Å². The summed E-state index contributed by atoms with van der Waals surface area (Å²) in [5.41, 5.74) is 3.37. The van der Waals surface area contributed by atoms with Gasteiger partial charge in [0.15, 0.2) is 0 Å². The summed E-state index contributed by atoms with van der Waals surface area (Å²) < 4.78 is 1.86. The Labute approximate surface area is 158 Å². The number of hydrogen-bond acceptors (Lipinski definition) is 3. The molecule has 26 heavy (non-hydrogen) atoms. The molecule has 1 saturated heterocycles. The lowest BCUT2D eigenvalue weighted by atomic mass is 9.93. The Balaban J connectivity index is 1.45. The van der Waals surface area contributed by atoms with Gasteiger partial charge in [0.05, 0.1) is 4.88 Å². The number of rotatable bonds is 2. The van der Waals surface area contributed by atoms with Crippen molar-refractivity contribution in [2.24, 2.45) is 7.05 Å². The molecule has 1 fully saturated rings. The predicted molar refractivity (Wildman–Crippen MR) is 103 cm³/mol. The number of thiophene rings is 1. The summed E-state index contributed by atoms with van der Waals surface area (Å²) in [5.74, 6) is 0.214. The number of aryl methyl sites for hydroxylation is 2. The third-order valence-electron chi connectivity index (χ3n) is 5.53. The quantitative estimate of drug-likeness (QED) is 0.815. The van der Waals surface area contributed by atoms with Crippen LogP contribution >= 0.6 is 11.3 Å². The van der Waals surface area contributed by atoms with E-state index in [4.69, 9.17) is 0 Å². The van der Waals surface area contributed by atoms with E-state index in [0.717, 1.165) is 30.7 Å². The zero-order chi connectivity index (χ0) is 18.1. The van der Waals surface area contributed by atoms with Crippen LogP contribution in [0.2, 0.25) is 0 Å². The molecule has 0 saturated carbocycles. The van der Waals surface area contributed by atoms with Crippen molar-refractivity contribution in [2.45, 2.75) is 32.1 Å². The lowest BCUT2D eigenvalue weighted by Crippen LogP contribution is -2.38. The van der Waals surface area contributed by atoms with E-state index in [9.17, 15) is 9.59 Å². The highest BCUT2D eigenvalue weighted by Crippen LogP contribution is 2.31. The van der Waals surface area contributed by atoms with Gasteiger partial charge in [-0.15, -0.1) is 11.3 Å². The van der Waals surface area contributed by atoms with Gasteiger partial charge in [0.25, 0.3) is 11.8 Å². The van der Waals surface area contributed by atoms with Gasteiger partial charge in [-0.1, -0.05) is 0 Å². The molecule has 5 nitrogen and oxygen atoms in total. The Morgan fingerprint density at radius 1 is 0.962 bits per heavy atom. The fraction of sp³-hybridized carbons (Fsp3) is 0.500. The molecule has 0 N–H and O–H groups in total. The van der Waals surface area contributed by atoms with E-state index in [1.54, 1.807) is 11.3 Å². The molecule has 0 radical (unpaired) electrons. The molecule has 0 spiro atoms. The van der Waals surface area contributed by atoms with Crippen molar-refractivity contribution in [3.05, 3.63) is 45.4 Å². The van der Waals surface area contributed by atoms with Crippen LogP contribution in [0.5, 0.6) is 0 Å². The largest absolute Gasteiger partial charge is 0.347 e. The highest BCUT2D eigenvalue weighted by molar-refractivity contribution is 7.12. The van der Waals surface area contributed by atoms with Crippen molar-refractivity contribution in [3.63, 3.8) is 0 Å². The smallest absolute Gasteiger partial charge is 0.270 e. The molecule has 2 aromatic rings. The molecule has 0 aromatic carbocycles. The van der Waals surface area contributed by atoms with E-state index in [2.05, 4.69) is 5.38 Å². The SMILES string of the molecule is Cn1cccc1C(=O)N1CCCN(C(=O)c2scc3c2CCCC3)CC1. The number of amides is 2. The summed E-state index contributed by atoms with van der Waals surface area (Å²) in [4.78, 5) is 30.6. The first-order valence-corrected chi connectivity index (χ1v) is 10.3. The maximum atomic E-state index is 13.1. The monoisotopic (exact) mass is 371 g/mol. The van der Waals surface area contributed by atoms with Crippen LogP contribution in [0.3, 0.4) is 0 Å². The molecule has 2 aromatic heterocycles. The summed E-state index contributed by atoms with van der Waals surface area (Å²) in [6.07, 6.45) is 7.28. The molecule has 0 atom stereocenters. The molecule has 1 aliphatic carbocycles. The molecule has 0 unspecified atom stereocenters. The maximum absolute atomic E-state index is 13.1. The first kappa shape index (κ1) is 17.3.